The Bertz CT molecular complexity index is 354. The van der Waals surface area contributed by atoms with E-state index in [2.05, 4.69) is 19.9 Å². The lowest BCUT2D eigenvalue weighted by Crippen LogP contribution is -2.19. The van der Waals surface area contributed by atoms with Crippen molar-refractivity contribution in [3.63, 3.8) is 0 Å². The molecule has 0 radical (unpaired) electrons. The summed E-state index contributed by atoms with van der Waals surface area (Å²) in [5, 5.41) is 0. The number of ketones is 1. The van der Waals surface area contributed by atoms with Crippen molar-refractivity contribution in [1.29, 1.82) is 0 Å². The molecule has 0 amide bonds. The van der Waals surface area contributed by atoms with Crippen LogP contribution >= 0.6 is 11.3 Å². The number of Topliss-reactive ketones (excluding diaryl/α,β-unsaturated/α-hetero) is 1. The first-order valence-electron chi connectivity index (χ1n) is 4.87. The normalized spacial score (nSPS) is 22.7. The average molecular weight is 210 g/mol. The third-order valence-corrected chi connectivity index (χ3v) is 3.52. The number of thiophene rings is 1. The van der Waals surface area contributed by atoms with Gasteiger partial charge in [0.1, 0.15) is 5.78 Å². The second kappa shape index (κ2) is 3.83. The Morgan fingerprint density at radius 3 is 2.86 bits per heavy atom. The molecular weight excluding hydrogens is 196 g/mol. The molecule has 2 nitrogen and oxygen atoms in total. The first kappa shape index (κ1) is 9.87. The van der Waals surface area contributed by atoms with Crippen LogP contribution in [-0.2, 0) is 9.53 Å². The molecule has 76 valence electrons. The molecule has 1 saturated heterocycles. The van der Waals surface area contributed by atoms with Crippen LogP contribution in [0.2, 0.25) is 0 Å². The van der Waals surface area contributed by atoms with Gasteiger partial charge in [-0.15, -0.1) is 11.3 Å². The van der Waals surface area contributed by atoms with Crippen molar-refractivity contribution in [2.75, 3.05) is 6.61 Å². The van der Waals surface area contributed by atoms with Gasteiger partial charge in [-0.05, 0) is 25.5 Å². The molecule has 0 N–H and O–H groups in total. The standard InChI is InChI=1S/C11H14O2S/c1-7-5-10(8(2)14-7)11-6-9(12)3-4-13-11/h5,11H,3-4,6H2,1-2H3. The molecule has 0 spiro atoms. The third-order valence-electron chi connectivity index (χ3n) is 2.54. The maximum atomic E-state index is 11.3. The molecule has 1 aromatic heterocycles. The SMILES string of the molecule is Cc1cc(C2CC(=O)CCO2)c(C)s1. The van der Waals surface area contributed by atoms with E-state index in [1.807, 2.05) is 0 Å². The molecule has 0 aromatic carbocycles. The number of ether oxygens (including phenoxy) is 1. The van der Waals surface area contributed by atoms with E-state index in [-0.39, 0.29) is 6.10 Å². The van der Waals surface area contributed by atoms with Crippen LogP contribution in [-0.4, -0.2) is 12.4 Å². The molecule has 1 aliphatic rings. The molecule has 1 unspecified atom stereocenters. The van der Waals surface area contributed by atoms with Gasteiger partial charge in [-0.1, -0.05) is 0 Å². The number of rotatable bonds is 1. The van der Waals surface area contributed by atoms with Crippen LogP contribution in [0.3, 0.4) is 0 Å². The quantitative estimate of drug-likeness (QED) is 0.712. The topological polar surface area (TPSA) is 26.3 Å². The molecule has 1 aromatic rings. The van der Waals surface area contributed by atoms with E-state index in [0.717, 1.165) is 0 Å². The second-order valence-corrected chi connectivity index (χ2v) is 5.18. The molecule has 3 heteroatoms. The molecule has 0 aliphatic carbocycles. The highest BCUT2D eigenvalue weighted by Crippen LogP contribution is 2.32. The van der Waals surface area contributed by atoms with Gasteiger partial charge < -0.3 is 4.74 Å². The molecule has 1 fully saturated rings. The Morgan fingerprint density at radius 2 is 2.29 bits per heavy atom. The zero-order valence-electron chi connectivity index (χ0n) is 8.50. The van der Waals surface area contributed by atoms with Gasteiger partial charge >= 0.3 is 0 Å². The summed E-state index contributed by atoms with van der Waals surface area (Å²) in [4.78, 5) is 13.9. The van der Waals surface area contributed by atoms with E-state index < -0.39 is 0 Å². The maximum absolute atomic E-state index is 11.3. The Kier molecular flexibility index (Phi) is 2.70. The fourth-order valence-electron chi connectivity index (χ4n) is 1.85. The van der Waals surface area contributed by atoms with E-state index in [9.17, 15) is 4.79 Å². The lowest BCUT2D eigenvalue weighted by atomic mass is 10.0. The highest BCUT2D eigenvalue weighted by atomic mass is 32.1. The third kappa shape index (κ3) is 1.88. The van der Waals surface area contributed by atoms with Crippen molar-refractivity contribution in [3.8, 4) is 0 Å². The number of carbonyl (C=O) groups excluding carboxylic acids is 1. The molecule has 0 bridgehead atoms. The van der Waals surface area contributed by atoms with Crippen molar-refractivity contribution < 1.29 is 9.53 Å². The summed E-state index contributed by atoms with van der Waals surface area (Å²) in [7, 11) is 0. The highest BCUT2D eigenvalue weighted by Gasteiger charge is 2.23. The molecular formula is C11H14O2S. The van der Waals surface area contributed by atoms with Gasteiger partial charge in [0.05, 0.1) is 12.7 Å². The Morgan fingerprint density at radius 1 is 1.50 bits per heavy atom. The Labute approximate surface area is 87.9 Å². The summed E-state index contributed by atoms with van der Waals surface area (Å²) in [6.45, 7) is 4.76. The summed E-state index contributed by atoms with van der Waals surface area (Å²) >= 11 is 1.77. The van der Waals surface area contributed by atoms with Crippen molar-refractivity contribution in [3.05, 3.63) is 21.4 Å². The first-order valence-corrected chi connectivity index (χ1v) is 5.68. The van der Waals surface area contributed by atoms with Crippen LogP contribution < -0.4 is 0 Å². The van der Waals surface area contributed by atoms with E-state index >= 15 is 0 Å². The zero-order valence-corrected chi connectivity index (χ0v) is 9.32. The predicted octanol–water partition coefficient (Wildman–Crippen LogP) is 2.79. The largest absolute Gasteiger partial charge is 0.373 e. The average Bonchev–Trinajstić information content (AvgIpc) is 2.45. The van der Waals surface area contributed by atoms with Crippen LogP contribution in [0.15, 0.2) is 6.07 Å². The second-order valence-electron chi connectivity index (χ2n) is 3.72. The molecule has 0 saturated carbocycles. The summed E-state index contributed by atoms with van der Waals surface area (Å²) < 4.78 is 5.61. The lowest BCUT2D eigenvalue weighted by Gasteiger charge is -2.21. The molecule has 1 atom stereocenters. The number of hydrogen-bond acceptors (Lipinski definition) is 3. The van der Waals surface area contributed by atoms with Crippen LogP contribution in [0.1, 0.15) is 34.3 Å². The van der Waals surface area contributed by atoms with Crippen molar-refractivity contribution >= 4 is 17.1 Å². The lowest BCUT2D eigenvalue weighted by molar-refractivity contribution is -0.128. The Hall–Kier alpha value is -0.670. The predicted molar refractivity (Wildman–Crippen MR) is 56.7 cm³/mol. The van der Waals surface area contributed by atoms with E-state index in [1.54, 1.807) is 11.3 Å². The van der Waals surface area contributed by atoms with Gasteiger partial charge in [0.2, 0.25) is 0 Å². The fraction of sp³-hybridized carbons (Fsp3) is 0.545. The smallest absolute Gasteiger partial charge is 0.138 e. The minimum absolute atomic E-state index is 0.0150. The van der Waals surface area contributed by atoms with E-state index in [0.29, 0.717) is 25.2 Å². The molecule has 2 heterocycles. The van der Waals surface area contributed by atoms with Crippen molar-refractivity contribution in [2.45, 2.75) is 32.8 Å². The zero-order chi connectivity index (χ0) is 10.1. The van der Waals surface area contributed by atoms with Crippen molar-refractivity contribution in [2.24, 2.45) is 0 Å². The number of hydrogen-bond donors (Lipinski definition) is 0. The van der Waals surface area contributed by atoms with Crippen molar-refractivity contribution in [1.82, 2.24) is 0 Å². The van der Waals surface area contributed by atoms with Crippen LogP contribution in [0.4, 0.5) is 0 Å². The van der Waals surface area contributed by atoms with E-state index in [4.69, 9.17) is 4.74 Å². The monoisotopic (exact) mass is 210 g/mol. The summed E-state index contributed by atoms with van der Waals surface area (Å²) in [6, 6.07) is 2.14. The van der Waals surface area contributed by atoms with Gasteiger partial charge in [-0.2, -0.15) is 0 Å². The number of aryl methyl sites for hydroxylation is 2. The van der Waals surface area contributed by atoms with Crippen LogP contribution in [0, 0.1) is 13.8 Å². The summed E-state index contributed by atoms with van der Waals surface area (Å²) in [6.07, 6.45) is 1.15. The molecule has 1 aliphatic heterocycles. The highest BCUT2D eigenvalue weighted by molar-refractivity contribution is 7.12. The number of carbonyl (C=O) groups is 1. The Balaban J connectivity index is 2.21. The molecule has 2 rings (SSSR count). The van der Waals surface area contributed by atoms with Gasteiger partial charge in [0, 0.05) is 22.6 Å². The van der Waals surface area contributed by atoms with E-state index in [1.165, 1.54) is 15.3 Å². The van der Waals surface area contributed by atoms with Gasteiger partial charge in [-0.25, -0.2) is 0 Å². The minimum Gasteiger partial charge on any atom is -0.373 e. The fourth-order valence-corrected chi connectivity index (χ4v) is 2.83. The summed E-state index contributed by atoms with van der Waals surface area (Å²) in [5.41, 5.74) is 1.21. The summed E-state index contributed by atoms with van der Waals surface area (Å²) in [5.74, 6) is 0.324. The van der Waals surface area contributed by atoms with Crippen LogP contribution in [0.25, 0.3) is 0 Å². The first-order chi connectivity index (χ1) is 6.66. The van der Waals surface area contributed by atoms with Gasteiger partial charge in [0.25, 0.3) is 0 Å². The maximum Gasteiger partial charge on any atom is 0.138 e. The minimum atomic E-state index is 0.0150. The molecule has 14 heavy (non-hydrogen) atoms. The van der Waals surface area contributed by atoms with Gasteiger partial charge in [-0.3, -0.25) is 4.79 Å². The van der Waals surface area contributed by atoms with Crippen LogP contribution in [0.5, 0.6) is 0 Å². The van der Waals surface area contributed by atoms with Gasteiger partial charge in [0.15, 0.2) is 0 Å².